The van der Waals surface area contributed by atoms with Gasteiger partial charge in [0.25, 0.3) is 0 Å². The number of anilines is 12. The first-order chi connectivity index (χ1) is 41.0. The van der Waals surface area contributed by atoms with Gasteiger partial charge in [0.2, 0.25) is 0 Å². The molecule has 4 nitrogen and oxygen atoms in total. The molecule has 0 radical (unpaired) electrons. The highest BCUT2D eigenvalue weighted by atomic mass is 15.2. The minimum atomic E-state index is -0.844. The van der Waals surface area contributed by atoms with E-state index in [1.165, 1.54) is 83.5 Å². The molecule has 4 heteroatoms. The van der Waals surface area contributed by atoms with Crippen molar-refractivity contribution in [1.82, 2.24) is 0 Å². The molecule has 0 bridgehead atoms. The average Bonchev–Trinajstić information content (AvgIpc) is 1.80. The maximum Gasteiger partial charge on any atom is 0.0728 e. The first-order valence-electron chi connectivity index (χ1n) is 29.3. The standard InChI is InChI=1S/C80H66N4/c1-53-18-11-27-61(42-53)81(60-25-9-8-10-26-60)68-34-38-72-73-39-35-69(82(62-28-12-19-54(2)43-62)63-29-13-20-55(3)44-63)50-77(73)80(76(72)49-68)78-51-70(83(64-30-14-21-56(4)45-64)65-31-15-22-57(5)46-65)36-40-74(78)75-41-37-71(52-79(75)80)84(66-32-16-23-58(6)47-66)67-33-17-24-59(7)48-67/h8-52H,1-7H3. The van der Waals surface area contributed by atoms with Gasteiger partial charge in [0.05, 0.1) is 5.41 Å². The minimum Gasteiger partial charge on any atom is -0.310 e. The molecule has 0 N–H and O–H groups in total. The van der Waals surface area contributed by atoms with Crippen LogP contribution in [-0.4, -0.2) is 0 Å². The maximum absolute atomic E-state index is 2.53. The molecule has 0 atom stereocenters. The number of nitrogens with zero attached hydrogens (tertiary/aromatic N) is 4. The molecule has 0 aliphatic heterocycles. The van der Waals surface area contributed by atoms with Crippen LogP contribution < -0.4 is 19.6 Å². The van der Waals surface area contributed by atoms with Gasteiger partial charge in [-0.25, -0.2) is 0 Å². The van der Waals surface area contributed by atoms with Gasteiger partial charge in [-0.3, -0.25) is 0 Å². The predicted octanol–water partition coefficient (Wildman–Crippen LogP) is 22.1. The third kappa shape index (κ3) is 9.03. The summed E-state index contributed by atoms with van der Waals surface area (Å²) >= 11 is 0. The van der Waals surface area contributed by atoms with E-state index >= 15 is 0 Å². The monoisotopic (exact) mass is 1080 g/mol. The smallest absolute Gasteiger partial charge is 0.0728 e. The van der Waals surface area contributed by atoms with Gasteiger partial charge in [-0.1, -0.05) is 127 Å². The highest BCUT2D eigenvalue weighted by Crippen LogP contribution is 2.65. The zero-order valence-corrected chi connectivity index (χ0v) is 48.8. The lowest BCUT2D eigenvalue weighted by Gasteiger charge is -2.35. The molecule has 12 aromatic rings. The van der Waals surface area contributed by atoms with Crippen LogP contribution in [0.1, 0.15) is 61.2 Å². The Morgan fingerprint density at radius 3 is 0.583 bits per heavy atom. The second-order valence-electron chi connectivity index (χ2n) is 23.2. The van der Waals surface area contributed by atoms with Gasteiger partial charge in [0, 0.05) is 68.2 Å². The molecule has 1 spiro atoms. The van der Waals surface area contributed by atoms with Crippen molar-refractivity contribution in [2.75, 3.05) is 19.6 Å². The summed E-state index contributed by atoms with van der Waals surface area (Å²) in [6.45, 7) is 15.3. The number of benzene rings is 12. The van der Waals surface area contributed by atoms with Gasteiger partial charge < -0.3 is 19.6 Å². The van der Waals surface area contributed by atoms with Gasteiger partial charge in [-0.2, -0.15) is 0 Å². The Kier molecular flexibility index (Phi) is 13.0. The molecule has 0 saturated heterocycles. The Bertz CT molecular complexity index is 4080. The van der Waals surface area contributed by atoms with Crippen LogP contribution >= 0.6 is 0 Å². The SMILES string of the molecule is Cc1cccc(N(c2ccccc2)c2ccc3c(c2)C2(c4cc(N(c5cccc(C)c5)c5cccc(C)c5)ccc4-3)c3cc(N(c4cccc(C)c4)c4cccc(C)c4)ccc3-c3ccc(N(c4cccc(C)c4)c4cccc(C)c4)cc32)c1. The second kappa shape index (κ2) is 21.0. The summed E-state index contributed by atoms with van der Waals surface area (Å²) in [6.07, 6.45) is 0. The van der Waals surface area contributed by atoms with Crippen LogP contribution in [0.25, 0.3) is 22.3 Å². The highest BCUT2D eigenvalue weighted by molar-refractivity contribution is 6.00. The topological polar surface area (TPSA) is 13.0 Å². The third-order valence-corrected chi connectivity index (χ3v) is 17.1. The van der Waals surface area contributed by atoms with Crippen molar-refractivity contribution in [2.24, 2.45) is 0 Å². The highest BCUT2D eigenvalue weighted by Gasteiger charge is 2.53. The summed E-state index contributed by atoms with van der Waals surface area (Å²) in [7, 11) is 0. The van der Waals surface area contributed by atoms with Crippen LogP contribution in [0.3, 0.4) is 0 Å². The number of rotatable bonds is 12. The largest absolute Gasteiger partial charge is 0.310 e. The Morgan fingerprint density at radius 2 is 0.369 bits per heavy atom. The van der Waals surface area contributed by atoms with E-state index in [0.29, 0.717) is 0 Å². The van der Waals surface area contributed by atoms with Crippen LogP contribution in [0.5, 0.6) is 0 Å². The third-order valence-electron chi connectivity index (χ3n) is 17.1. The van der Waals surface area contributed by atoms with Gasteiger partial charge in [0.15, 0.2) is 0 Å². The predicted molar refractivity (Wildman–Crippen MR) is 355 cm³/mol. The second-order valence-corrected chi connectivity index (χ2v) is 23.2. The molecule has 0 aromatic heterocycles. The van der Waals surface area contributed by atoms with E-state index in [1.807, 2.05) is 0 Å². The van der Waals surface area contributed by atoms with Crippen molar-refractivity contribution in [3.8, 4) is 22.3 Å². The van der Waals surface area contributed by atoms with E-state index in [-0.39, 0.29) is 0 Å². The molecule has 12 aromatic carbocycles. The summed E-state index contributed by atoms with van der Waals surface area (Å²) in [4.78, 5) is 9.80. The zero-order valence-electron chi connectivity index (χ0n) is 48.8. The Morgan fingerprint density at radius 1 is 0.179 bits per heavy atom. The first-order valence-corrected chi connectivity index (χ1v) is 29.3. The van der Waals surface area contributed by atoms with Crippen LogP contribution in [0.15, 0.2) is 273 Å². The molecular formula is C80H66N4. The van der Waals surface area contributed by atoms with Crippen molar-refractivity contribution in [2.45, 2.75) is 53.9 Å². The van der Waals surface area contributed by atoms with Crippen LogP contribution in [0.2, 0.25) is 0 Å². The first kappa shape index (κ1) is 52.0. The Balaban J connectivity index is 1.12. The molecule has 0 amide bonds. The number of para-hydroxylation sites is 1. The normalized spacial score (nSPS) is 12.3. The van der Waals surface area contributed by atoms with Gasteiger partial charge >= 0.3 is 0 Å². The van der Waals surface area contributed by atoms with E-state index in [0.717, 1.165) is 68.2 Å². The molecular weight excluding hydrogens is 1020 g/mol. The summed E-state index contributed by atoms with van der Waals surface area (Å²) in [5.74, 6) is 0. The fraction of sp³-hybridized carbons (Fsp3) is 0.100. The molecule has 84 heavy (non-hydrogen) atoms. The Hall–Kier alpha value is -10.2. The number of fused-ring (bicyclic) bond motifs is 10. The Labute approximate surface area is 495 Å². The molecule has 0 heterocycles. The molecule has 0 saturated carbocycles. The molecule has 0 unspecified atom stereocenters. The van der Waals surface area contributed by atoms with Gasteiger partial charge in [-0.15, -0.1) is 0 Å². The molecule has 2 aliphatic rings. The van der Waals surface area contributed by atoms with Crippen molar-refractivity contribution < 1.29 is 0 Å². The van der Waals surface area contributed by atoms with Crippen molar-refractivity contribution in [1.29, 1.82) is 0 Å². The van der Waals surface area contributed by atoms with Crippen molar-refractivity contribution >= 4 is 68.2 Å². The van der Waals surface area contributed by atoms with Crippen LogP contribution in [0.4, 0.5) is 68.2 Å². The molecule has 14 rings (SSSR count). The lowest BCUT2D eigenvalue weighted by molar-refractivity contribution is 0.793. The van der Waals surface area contributed by atoms with E-state index in [9.17, 15) is 0 Å². The minimum absolute atomic E-state index is 0.844. The van der Waals surface area contributed by atoms with E-state index < -0.39 is 5.41 Å². The number of hydrogen-bond donors (Lipinski definition) is 0. The molecule has 0 fully saturated rings. The zero-order chi connectivity index (χ0) is 57.2. The molecule has 2 aliphatic carbocycles. The quantitative estimate of drug-likeness (QED) is 0.121. The van der Waals surface area contributed by atoms with Crippen molar-refractivity contribution in [3.63, 3.8) is 0 Å². The summed E-state index contributed by atoms with van der Waals surface area (Å²) < 4.78 is 0. The van der Waals surface area contributed by atoms with Crippen molar-refractivity contribution in [3.05, 3.63) is 334 Å². The summed E-state index contributed by atoms with van der Waals surface area (Å²) in [6, 6.07) is 102. The summed E-state index contributed by atoms with van der Waals surface area (Å²) in [5, 5.41) is 0. The van der Waals surface area contributed by atoms with Gasteiger partial charge in [0.1, 0.15) is 0 Å². The van der Waals surface area contributed by atoms with E-state index in [2.05, 4.69) is 341 Å². The van der Waals surface area contributed by atoms with Gasteiger partial charge in [-0.05, 0) is 278 Å². The molecule has 406 valence electrons. The maximum atomic E-state index is 2.53. The van der Waals surface area contributed by atoms with Crippen LogP contribution in [0, 0.1) is 48.5 Å². The lowest BCUT2D eigenvalue weighted by Crippen LogP contribution is -2.27. The van der Waals surface area contributed by atoms with E-state index in [1.54, 1.807) is 0 Å². The number of hydrogen-bond acceptors (Lipinski definition) is 4. The average molecular weight is 1080 g/mol. The lowest BCUT2D eigenvalue weighted by atomic mass is 9.70. The fourth-order valence-electron chi connectivity index (χ4n) is 13.5. The van der Waals surface area contributed by atoms with Crippen LogP contribution in [-0.2, 0) is 5.41 Å². The number of aryl methyl sites for hydroxylation is 7. The summed E-state index contributed by atoms with van der Waals surface area (Å²) in [5.41, 5.74) is 30.6. The fourth-order valence-corrected chi connectivity index (χ4v) is 13.5. The van der Waals surface area contributed by atoms with E-state index in [4.69, 9.17) is 0 Å².